The van der Waals surface area contributed by atoms with Gasteiger partial charge >= 0.3 is 12.2 Å². The maximum Gasteiger partial charge on any atom is 0.401 e. The fourth-order valence-electron chi connectivity index (χ4n) is 1.93. The average Bonchev–Trinajstić information content (AvgIpc) is 2.44. The molecule has 2 N–H and O–H groups in total. The van der Waals surface area contributed by atoms with E-state index in [0.717, 1.165) is 9.80 Å². The second-order valence-electron chi connectivity index (χ2n) is 5.13. The number of carbonyl (C=O) groups excluding carboxylic acids is 2. The van der Waals surface area contributed by atoms with Crippen LogP contribution in [0.2, 0.25) is 0 Å². The van der Waals surface area contributed by atoms with Gasteiger partial charge in [0, 0.05) is 19.6 Å². The molecule has 0 spiro atoms. The van der Waals surface area contributed by atoms with E-state index in [1.54, 1.807) is 0 Å². The molecule has 0 aromatic rings. The smallest absolute Gasteiger partial charge is 0.395 e. The van der Waals surface area contributed by atoms with Gasteiger partial charge in [-0.3, -0.25) is 14.6 Å². The lowest BCUT2D eigenvalue weighted by molar-refractivity contribution is -0.147. The minimum atomic E-state index is -4.40. The van der Waals surface area contributed by atoms with Crippen molar-refractivity contribution in [1.29, 1.82) is 0 Å². The number of imide groups is 1. The largest absolute Gasteiger partial charge is 0.401 e. The third-order valence-corrected chi connectivity index (χ3v) is 2.90. The van der Waals surface area contributed by atoms with Crippen LogP contribution in [0.3, 0.4) is 0 Å². The standard InChI is InChI=1S/C11H18F3N3O3/c1-10(2)8(19)17(9(20)15-10)4-3-16(5-6-18)7-11(12,13)14/h18H,3-7H2,1-2H3,(H,15,20). The highest BCUT2D eigenvalue weighted by atomic mass is 19.4. The Balaban J connectivity index is 2.59. The summed E-state index contributed by atoms with van der Waals surface area (Å²) in [4.78, 5) is 25.2. The Bertz CT molecular complexity index is 385. The molecule has 0 atom stereocenters. The monoisotopic (exact) mass is 297 g/mol. The van der Waals surface area contributed by atoms with Gasteiger partial charge < -0.3 is 10.4 Å². The van der Waals surface area contributed by atoms with E-state index in [1.165, 1.54) is 13.8 Å². The molecule has 3 amide bonds. The van der Waals surface area contributed by atoms with Crippen LogP contribution in [0.1, 0.15) is 13.8 Å². The fourth-order valence-corrected chi connectivity index (χ4v) is 1.93. The van der Waals surface area contributed by atoms with E-state index in [2.05, 4.69) is 5.32 Å². The zero-order valence-electron chi connectivity index (χ0n) is 11.3. The van der Waals surface area contributed by atoms with E-state index in [0.29, 0.717) is 0 Å². The molecule has 6 nitrogen and oxygen atoms in total. The maximum absolute atomic E-state index is 12.3. The van der Waals surface area contributed by atoms with E-state index in [-0.39, 0.29) is 19.6 Å². The second-order valence-corrected chi connectivity index (χ2v) is 5.13. The molecule has 1 fully saturated rings. The summed E-state index contributed by atoms with van der Waals surface area (Å²) in [7, 11) is 0. The van der Waals surface area contributed by atoms with E-state index in [4.69, 9.17) is 5.11 Å². The molecule has 0 aromatic carbocycles. The molecule has 1 rings (SSSR count). The van der Waals surface area contributed by atoms with E-state index < -0.39 is 36.8 Å². The van der Waals surface area contributed by atoms with E-state index in [9.17, 15) is 22.8 Å². The Morgan fingerprint density at radius 1 is 1.30 bits per heavy atom. The number of hydrogen-bond donors (Lipinski definition) is 2. The van der Waals surface area contributed by atoms with Gasteiger partial charge in [-0.2, -0.15) is 13.2 Å². The highest BCUT2D eigenvalue weighted by Crippen LogP contribution is 2.18. The number of alkyl halides is 3. The number of nitrogens with zero attached hydrogens (tertiary/aromatic N) is 2. The Labute approximate surface area is 114 Å². The third kappa shape index (κ3) is 4.34. The summed E-state index contributed by atoms with van der Waals surface area (Å²) in [6.45, 7) is 0.956. The molecule has 1 saturated heterocycles. The number of aliphatic hydroxyl groups is 1. The predicted molar refractivity (Wildman–Crippen MR) is 63.9 cm³/mol. The van der Waals surface area contributed by atoms with Crippen LogP contribution in [0, 0.1) is 0 Å². The van der Waals surface area contributed by atoms with E-state index >= 15 is 0 Å². The van der Waals surface area contributed by atoms with Gasteiger partial charge in [0.2, 0.25) is 0 Å². The summed E-state index contributed by atoms with van der Waals surface area (Å²) >= 11 is 0. The van der Waals surface area contributed by atoms with Gasteiger partial charge in [-0.05, 0) is 13.8 Å². The highest BCUT2D eigenvalue weighted by Gasteiger charge is 2.44. The zero-order valence-corrected chi connectivity index (χ0v) is 11.3. The topological polar surface area (TPSA) is 72.9 Å². The van der Waals surface area contributed by atoms with Crippen molar-refractivity contribution in [2.75, 3.05) is 32.8 Å². The molecular weight excluding hydrogens is 279 g/mol. The van der Waals surface area contributed by atoms with Crippen molar-refractivity contribution in [1.82, 2.24) is 15.1 Å². The number of rotatable bonds is 6. The Kier molecular flexibility index (Phi) is 4.98. The van der Waals surface area contributed by atoms with Crippen LogP contribution in [-0.4, -0.2) is 71.3 Å². The SMILES string of the molecule is CC1(C)NC(=O)N(CCN(CCO)CC(F)(F)F)C1=O. The quantitative estimate of drug-likeness (QED) is 0.686. The molecule has 1 aliphatic heterocycles. The average molecular weight is 297 g/mol. The summed E-state index contributed by atoms with van der Waals surface area (Å²) in [6, 6.07) is -0.615. The van der Waals surface area contributed by atoms with Crippen LogP contribution in [0.5, 0.6) is 0 Å². The Morgan fingerprint density at radius 3 is 2.30 bits per heavy atom. The fraction of sp³-hybridized carbons (Fsp3) is 0.818. The highest BCUT2D eigenvalue weighted by molar-refractivity contribution is 6.06. The van der Waals surface area contributed by atoms with Crippen molar-refractivity contribution in [2.45, 2.75) is 25.6 Å². The van der Waals surface area contributed by atoms with E-state index in [1.807, 2.05) is 0 Å². The van der Waals surface area contributed by atoms with Gasteiger partial charge in [0.05, 0.1) is 13.2 Å². The first-order chi connectivity index (χ1) is 9.07. The van der Waals surface area contributed by atoms with Crippen molar-refractivity contribution >= 4 is 11.9 Å². The predicted octanol–water partition coefficient (Wildman–Crippen LogP) is 0.173. The lowest BCUT2D eigenvalue weighted by Gasteiger charge is -2.24. The number of halogens is 3. The molecule has 0 unspecified atom stereocenters. The molecule has 20 heavy (non-hydrogen) atoms. The lowest BCUT2D eigenvalue weighted by Crippen LogP contribution is -2.44. The van der Waals surface area contributed by atoms with Crippen LogP contribution in [0.25, 0.3) is 0 Å². The Hall–Kier alpha value is -1.35. The number of aliphatic hydroxyl groups excluding tert-OH is 1. The van der Waals surface area contributed by atoms with Crippen LogP contribution >= 0.6 is 0 Å². The number of nitrogens with one attached hydrogen (secondary N) is 1. The molecule has 1 heterocycles. The summed E-state index contributed by atoms with van der Waals surface area (Å²) in [6.07, 6.45) is -4.40. The van der Waals surface area contributed by atoms with Crippen molar-refractivity contribution in [3.63, 3.8) is 0 Å². The third-order valence-electron chi connectivity index (χ3n) is 2.90. The number of urea groups is 1. The Morgan fingerprint density at radius 2 is 1.90 bits per heavy atom. The minimum Gasteiger partial charge on any atom is -0.395 e. The second kappa shape index (κ2) is 5.96. The summed E-state index contributed by atoms with van der Waals surface area (Å²) in [5, 5.41) is 11.2. The van der Waals surface area contributed by atoms with Gasteiger partial charge in [-0.25, -0.2) is 4.79 Å². The molecular formula is C11H18F3N3O3. The van der Waals surface area contributed by atoms with Crippen LogP contribution in [0.15, 0.2) is 0 Å². The van der Waals surface area contributed by atoms with Crippen molar-refractivity contribution in [3.8, 4) is 0 Å². The molecule has 0 aromatic heterocycles. The molecule has 1 aliphatic rings. The lowest BCUT2D eigenvalue weighted by atomic mass is 10.1. The van der Waals surface area contributed by atoms with Gasteiger partial charge in [-0.15, -0.1) is 0 Å². The molecule has 0 saturated carbocycles. The summed E-state index contributed by atoms with van der Waals surface area (Å²) < 4.78 is 37.0. The molecule has 9 heteroatoms. The van der Waals surface area contributed by atoms with Crippen LogP contribution in [0.4, 0.5) is 18.0 Å². The van der Waals surface area contributed by atoms with Crippen LogP contribution in [-0.2, 0) is 4.79 Å². The normalized spacial score (nSPS) is 18.9. The molecule has 116 valence electrons. The van der Waals surface area contributed by atoms with Crippen molar-refractivity contribution < 1.29 is 27.9 Å². The first kappa shape index (κ1) is 16.7. The number of carbonyl (C=O) groups is 2. The van der Waals surface area contributed by atoms with Gasteiger partial charge in [-0.1, -0.05) is 0 Å². The van der Waals surface area contributed by atoms with Gasteiger partial charge in [0.1, 0.15) is 5.54 Å². The van der Waals surface area contributed by atoms with Gasteiger partial charge in [0.25, 0.3) is 5.91 Å². The number of amides is 3. The van der Waals surface area contributed by atoms with Gasteiger partial charge in [0.15, 0.2) is 0 Å². The van der Waals surface area contributed by atoms with Crippen LogP contribution < -0.4 is 5.32 Å². The maximum atomic E-state index is 12.3. The molecule has 0 aliphatic carbocycles. The first-order valence-corrected chi connectivity index (χ1v) is 6.11. The first-order valence-electron chi connectivity index (χ1n) is 6.11. The molecule has 0 bridgehead atoms. The summed E-state index contributed by atoms with van der Waals surface area (Å²) in [5.41, 5.74) is -1.04. The molecule has 0 radical (unpaired) electrons. The minimum absolute atomic E-state index is 0.144. The number of hydrogen-bond acceptors (Lipinski definition) is 4. The summed E-state index contributed by atoms with van der Waals surface area (Å²) in [5.74, 6) is -0.474. The van der Waals surface area contributed by atoms with Crippen molar-refractivity contribution in [2.24, 2.45) is 0 Å². The van der Waals surface area contributed by atoms with Crippen molar-refractivity contribution in [3.05, 3.63) is 0 Å². The zero-order chi connectivity index (χ0) is 15.6.